The number of hydrogen-bond donors (Lipinski definition) is 1. The van der Waals surface area contributed by atoms with Gasteiger partial charge < -0.3 is 10.0 Å². The zero-order valence-electron chi connectivity index (χ0n) is 12.7. The van der Waals surface area contributed by atoms with Gasteiger partial charge in [-0.2, -0.15) is 13.2 Å². The van der Waals surface area contributed by atoms with Crippen LogP contribution >= 0.6 is 0 Å². The van der Waals surface area contributed by atoms with Crippen LogP contribution < -0.4 is 0 Å². The molecule has 0 aliphatic carbocycles. The van der Waals surface area contributed by atoms with Gasteiger partial charge in [0.2, 0.25) is 5.91 Å². The SMILES string of the molecule is CN(C)C1CCN(Cc2ccc(C(=O)O)cc2C(F)(F)F)C1=O. The molecule has 1 aromatic carbocycles. The first-order valence-electron chi connectivity index (χ1n) is 7.00. The molecule has 23 heavy (non-hydrogen) atoms. The van der Waals surface area contributed by atoms with Gasteiger partial charge in [0.25, 0.3) is 0 Å². The summed E-state index contributed by atoms with van der Waals surface area (Å²) in [5, 5.41) is 8.85. The first-order chi connectivity index (χ1) is 10.6. The van der Waals surface area contributed by atoms with Gasteiger partial charge in [-0.3, -0.25) is 9.69 Å². The van der Waals surface area contributed by atoms with Gasteiger partial charge in [-0.15, -0.1) is 0 Å². The maximum absolute atomic E-state index is 13.2. The van der Waals surface area contributed by atoms with Gasteiger partial charge in [-0.05, 0) is 38.2 Å². The summed E-state index contributed by atoms with van der Waals surface area (Å²) < 4.78 is 39.5. The highest BCUT2D eigenvalue weighted by atomic mass is 19.4. The van der Waals surface area contributed by atoms with Crippen molar-refractivity contribution in [2.45, 2.75) is 25.2 Å². The number of likely N-dealkylation sites (N-methyl/N-ethyl adjacent to an activating group) is 1. The molecule has 1 unspecified atom stereocenters. The molecule has 1 saturated heterocycles. The molecule has 1 fully saturated rings. The third-order valence-electron chi connectivity index (χ3n) is 3.92. The van der Waals surface area contributed by atoms with E-state index in [9.17, 15) is 22.8 Å². The third kappa shape index (κ3) is 3.64. The molecule has 0 radical (unpaired) electrons. The van der Waals surface area contributed by atoms with Gasteiger partial charge >= 0.3 is 12.1 Å². The van der Waals surface area contributed by atoms with Crippen LogP contribution in [0.2, 0.25) is 0 Å². The number of carboxylic acid groups (broad SMARTS) is 1. The van der Waals surface area contributed by atoms with Crippen LogP contribution in [0.15, 0.2) is 18.2 Å². The van der Waals surface area contributed by atoms with Gasteiger partial charge in [-0.1, -0.05) is 6.07 Å². The summed E-state index contributed by atoms with van der Waals surface area (Å²) in [5.41, 5.74) is -1.55. The second-order valence-electron chi connectivity index (χ2n) is 5.70. The first kappa shape index (κ1) is 17.3. The van der Waals surface area contributed by atoms with Crippen LogP contribution in [0.1, 0.15) is 27.9 Å². The van der Waals surface area contributed by atoms with E-state index in [1.54, 1.807) is 19.0 Å². The highest BCUT2D eigenvalue weighted by Crippen LogP contribution is 2.34. The fourth-order valence-corrected chi connectivity index (χ4v) is 2.68. The number of amides is 1. The molecule has 5 nitrogen and oxygen atoms in total. The summed E-state index contributed by atoms with van der Waals surface area (Å²) in [6, 6.07) is 2.53. The average molecular weight is 330 g/mol. The van der Waals surface area contributed by atoms with Crippen LogP contribution in [-0.4, -0.2) is 53.5 Å². The van der Waals surface area contributed by atoms with Crippen molar-refractivity contribution in [3.63, 3.8) is 0 Å². The number of carboxylic acids is 1. The topological polar surface area (TPSA) is 60.9 Å². The molecule has 1 atom stereocenters. The molecule has 1 aliphatic rings. The normalized spacial score (nSPS) is 18.8. The summed E-state index contributed by atoms with van der Waals surface area (Å²) in [6.45, 7) is 0.192. The van der Waals surface area contributed by atoms with Crippen molar-refractivity contribution in [2.75, 3.05) is 20.6 Å². The zero-order valence-corrected chi connectivity index (χ0v) is 12.7. The third-order valence-corrected chi connectivity index (χ3v) is 3.92. The Bertz CT molecular complexity index is 629. The number of rotatable bonds is 4. The lowest BCUT2D eigenvalue weighted by atomic mass is 10.0. The van der Waals surface area contributed by atoms with Crippen LogP contribution in [0.4, 0.5) is 13.2 Å². The van der Waals surface area contributed by atoms with E-state index < -0.39 is 23.3 Å². The lowest BCUT2D eigenvalue weighted by Crippen LogP contribution is -2.37. The number of carbonyl (C=O) groups excluding carboxylic acids is 1. The Hall–Kier alpha value is -2.09. The second-order valence-corrected chi connectivity index (χ2v) is 5.70. The Kier molecular flexibility index (Phi) is 4.65. The van der Waals surface area contributed by atoms with E-state index in [4.69, 9.17) is 5.11 Å². The van der Waals surface area contributed by atoms with Gasteiger partial charge in [0.05, 0.1) is 17.2 Å². The van der Waals surface area contributed by atoms with E-state index in [0.29, 0.717) is 19.0 Å². The van der Waals surface area contributed by atoms with Crippen LogP contribution in [-0.2, 0) is 17.5 Å². The number of nitrogens with zero attached hydrogens (tertiary/aromatic N) is 2. The van der Waals surface area contributed by atoms with Crippen molar-refractivity contribution >= 4 is 11.9 Å². The summed E-state index contributed by atoms with van der Waals surface area (Å²) >= 11 is 0. The number of alkyl halides is 3. The molecule has 8 heteroatoms. The molecular formula is C15H17F3N2O3. The van der Waals surface area contributed by atoms with Gasteiger partial charge in [-0.25, -0.2) is 4.79 Å². The van der Waals surface area contributed by atoms with Crippen molar-refractivity contribution in [3.8, 4) is 0 Å². The highest BCUT2D eigenvalue weighted by Gasteiger charge is 2.37. The Balaban J connectivity index is 2.30. The lowest BCUT2D eigenvalue weighted by Gasteiger charge is -2.22. The zero-order chi connectivity index (χ0) is 17.4. The Morgan fingerprint density at radius 2 is 2.04 bits per heavy atom. The van der Waals surface area contributed by atoms with E-state index in [1.807, 2.05) is 0 Å². The molecule has 1 heterocycles. The molecule has 0 spiro atoms. The summed E-state index contributed by atoms with van der Waals surface area (Å²) in [6.07, 6.45) is -4.12. The monoisotopic (exact) mass is 330 g/mol. The second kappa shape index (κ2) is 6.19. The largest absolute Gasteiger partial charge is 0.478 e. The maximum Gasteiger partial charge on any atom is 0.416 e. The maximum atomic E-state index is 13.2. The number of hydrogen-bond acceptors (Lipinski definition) is 3. The molecule has 0 aromatic heterocycles. The minimum atomic E-state index is -4.68. The van der Waals surface area contributed by atoms with Crippen molar-refractivity contribution in [2.24, 2.45) is 0 Å². The van der Waals surface area contributed by atoms with E-state index in [2.05, 4.69) is 0 Å². The summed E-state index contributed by atoms with van der Waals surface area (Å²) in [5.74, 6) is -1.64. The Labute approximate surface area is 131 Å². The average Bonchev–Trinajstić information content (AvgIpc) is 2.79. The molecule has 1 N–H and O–H groups in total. The predicted octanol–water partition coefficient (Wildman–Crippen LogP) is 2.07. The molecule has 1 aliphatic heterocycles. The van der Waals surface area contributed by atoms with E-state index >= 15 is 0 Å². The number of carbonyl (C=O) groups is 2. The molecule has 126 valence electrons. The summed E-state index contributed by atoms with van der Waals surface area (Å²) in [4.78, 5) is 26.2. The van der Waals surface area contributed by atoms with Gasteiger partial charge in [0.1, 0.15) is 0 Å². The number of aromatic carboxylic acids is 1. The minimum Gasteiger partial charge on any atom is -0.478 e. The molecule has 1 aromatic rings. The van der Waals surface area contributed by atoms with Crippen LogP contribution in [0.25, 0.3) is 0 Å². The quantitative estimate of drug-likeness (QED) is 0.918. The number of halogens is 3. The van der Waals surface area contributed by atoms with Crippen molar-refractivity contribution in [3.05, 3.63) is 34.9 Å². The summed E-state index contributed by atoms with van der Waals surface area (Å²) in [7, 11) is 3.49. The molecule has 2 rings (SSSR count). The van der Waals surface area contributed by atoms with Crippen LogP contribution in [0, 0.1) is 0 Å². The lowest BCUT2D eigenvalue weighted by molar-refractivity contribution is -0.139. The van der Waals surface area contributed by atoms with Gasteiger partial charge in [0.15, 0.2) is 0 Å². The molecule has 1 amide bonds. The molecule has 0 saturated carbocycles. The first-order valence-corrected chi connectivity index (χ1v) is 7.00. The Morgan fingerprint density at radius 1 is 1.39 bits per heavy atom. The molecular weight excluding hydrogens is 313 g/mol. The predicted molar refractivity (Wildman–Crippen MR) is 75.9 cm³/mol. The van der Waals surface area contributed by atoms with E-state index in [0.717, 1.165) is 12.1 Å². The van der Waals surface area contributed by atoms with E-state index in [1.165, 1.54) is 4.90 Å². The van der Waals surface area contributed by atoms with Crippen LogP contribution in [0.5, 0.6) is 0 Å². The standard InChI is InChI=1S/C15H17F3N2O3/c1-19(2)12-5-6-20(13(12)21)8-10-4-3-9(14(22)23)7-11(10)15(16,17)18/h3-4,7,12H,5-6,8H2,1-2H3,(H,22,23). The fourth-order valence-electron chi connectivity index (χ4n) is 2.68. The smallest absolute Gasteiger partial charge is 0.416 e. The van der Waals surface area contributed by atoms with E-state index in [-0.39, 0.29) is 24.1 Å². The number of benzene rings is 1. The highest BCUT2D eigenvalue weighted by molar-refractivity contribution is 5.88. The van der Waals surface area contributed by atoms with Gasteiger partial charge in [0, 0.05) is 13.1 Å². The minimum absolute atomic E-state index is 0.102. The van der Waals surface area contributed by atoms with Crippen molar-refractivity contribution in [1.29, 1.82) is 0 Å². The Morgan fingerprint density at radius 3 is 2.52 bits per heavy atom. The molecule has 0 bridgehead atoms. The van der Waals surface area contributed by atoms with Crippen molar-refractivity contribution in [1.82, 2.24) is 9.80 Å². The number of likely N-dealkylation sites (tertiary alicyclic amines) is 1. The van der Waals surface area contributed by atoms with Crippen molar-refractivity contribution < 1.29 is 27.9 Å². The fraction of sp³-hybridized carbons (Fsp3) is 0.467. The van der Waals surface area contributed by atoms with Crippen LogP contribution in [0.3, 0.4) is 0 Å².